The number of nitro benzene ring substituents is 1. The number of thiazole rings is 1. The van der Waals surface area contributed by atoms with Crippen molar-refractivity contribution in [2.75, 3.05) is 13.7 Å². The average molecular weight is 675 g/mol. The van der Waals surface area contributed by atoms with Crippen LogP contribution in [0.5, 0.6) is 17.2 Å². The number of nitro groups is 1. The maximum absolute atomic E-state index is 14.0. The van der Waals surface area contributed by atoms with Gasteiger partial charge in [-0.25, -0.2) is 9.79 Å². The fourth-order valence-electron chi connectivity index (χ4n) is 4.63. The highest BCUT2D eigenvalue weighted by atomic mass is 79.9. The lowest BCUT2D eigenvalue weighted by Gasteiger charge is -2.25. The molecule has 0 unspecified atom stereocenters. The van der Waals surface area contributed by atoms with E-state index in [4.69, 9.17) is 18.9 Å². The number of carbonyl (C=O) groups excluding carboxylic acids is 1. The summed E-state index contributed by atoms with van der Waals surface area (Å²) < 4.78 is 24.6. The summed E-state index contributed by atoms with van der Waals surface area (Å²) in [7, 11) is 1.51. The molecule has 0 amide bonds. The fraction of sp³-hybridized carbons (Fsp3) is 0.367. The molecular formula is C30H32BrN3O8S. The molecule has 2 aromatic carbocycles. The highest BCUT2D eigenvalue weighted by molar-refractivity contribution is 9.10. The maximum Gasteiger partial charge on any atom is 0.338 e. The minimum absolute atomic E-state index is 0.100. The van der Waals surface area contributed by atoms with Crippen molar-refractivity contribution in [3.8, 4) is 17.2 Å². The number of aromatic nitrogens is 1. The van der Waals surface area contributed by atoms with Gasteiger partial charge in [0.15, 0.2) is 16.3 Å². The standard InChI is InChI=1S/C30H32BrN3O8S/c1-8-40-29(36)25-17(6)32-30-33(26(25)19-9-10-22(41-15(2)3)23(14-19)39-7)28(35)24(43-30)13-18-11-20(31)27(42-16(4)5)21(12-18)34(37)38/h9-16,26H,8H2,1-7H3/b24-13+/t26-/m0/s1. The van der Waals surface area contributed by atoms with E-state index in [0.29, 0.717) is 37.6 Å². The Hall–Kier alpha value is -3.97. The van der Waals surface area contributed by atoms with Gasteiger partial charge in [0.05, 0.1) is 57.2 Å². The van der Waals surface area contributed by atoms with E-state index in [1.807, 2.05) is 13.8 Å². The molecule has 1 aliphatic rings. The Morgan fingerprint density at radius 2 is 1.86 bits per heavy atom. The quantitative estimate of drug-likeness (QED) is 0.166. The van der Waals surface area contributed by atoms with Crippen molar-refractivity contribution in [3.63, 3.8) is 0 Å². The van der Waals surface area contributed by atoms with Gasteiger partial charge in [0, 0.05) is 6.07 Å². The smallest absolute Gasteiger partial charge is 0.338 e. The molecule has 43 heavy (non-hydrogen) atoms. The molecule has 1 atom stereocenters. The predicted octanol–water partition coefficient (Wildman–Crippen LogP) is 5.05. The third-order valence-corrected chi connectivity index (χ3v) is 7.85. The van der Waals surface area contributed by atoms with Crippen LogP contribution in [0.4, 0.5) is 5.69 Å². The van der Waals surface area contributed by atoms with Crippen LogP contribution in [-0.2, 0) is 9.53 Å². The van der Waals surface area contributed by atoms with Crippen molar-refractivity contribution in [1.29, 1.82) is 0 Å². The van der Waals surface area contributed by atoms with E-state index in [2.05, 4.69) is 20.9 Å². The molecular weight excluding hydrogens is 642 g/mol. The molecule has 228 valence electrons. The van der Waals surface area contributed by atoms with Gasteiger partial charge in [-0.2, -0.15) is 0 Å². The summed E-state index contributed by atoms with van der Waals surface area (Å²) in [5.41, 5.74) is 0.962. The first-order valence-electron chi connectivity index (χ1n) is 13.5. The van der Waals surface area contributed by atoms with E-state index in [-0.39, 0.29) is 40.4 Å². The van der Waals surface area contributed by atoms with E-state index in [1.165, 1.54) is 17.7 Å². The zero-order valence-corrected chi connectivity index (χ0v) is 27.2. The van der Waals surface area contributed by atoms with Crippen molar-refractivity contribution in [3.05, 3.63) is 87.0 Å². The number of fused-ring (bicyclic) bond motifs is 1. The van der Waals surface area contributed by atoms with E-state index in [9.17, 15) is 19.7 Å². The zero-order chi connectivity index (χ0) is 31.6. The molecule has 0 saturated carbocycles. The summed E-state index contributed by atoms with van der Waals surface area (Å²) in [5, 5.41) is 11.9. The number of carbonyl (C=O) groups is 1. The Kier molecular flexibility index (Phi) is 9.75. The van der Waals surface area contributed by atoms with Crippen molar-refractivity contribution in [2.45, 2.75) is 59.8 Å². The van der Waals surface area contributed by atoms with Crippen LogP contribution >= 0.6 is 27.3 Å². The molecule has 1 aliphatic heterocycles. The van der Waals surface area contributed by atoms with Crippen molar-refractivity contribution in [1.82, 2.24) is 4.57 Å². The van der Waals surface area contributed by atoms with Gasteiger partial charge in [-0.1, -0.05) is 17.4 Å². The predicted molar refractivity (Wildman–Crippen MR) is 166 cm³/mol. The van der Waals surface area contributed by atoms with Crippen LogP contribution in [0.25, 0.3) is 6.08 Å². The largest absolute Gasteiger partial charge is 0.493 e. The number of allylic oxidation sites excluding steroid dienone is 1. The molecule has 0 saturated heterocycles. The summed E-state index contributed by atoms with van der Waals surface area (Å²) in [6.45, 7) is 10.9. The summed E-state index contributed by atoms with van der Waals surface area (Å²) in [5.74, 6) is 0.466. The van der Waals surface area contributed by atoms with E-state index < -0.39 is 22.5 Å². The van der Waals surface area contributed by atoms with Crippen molar-refractivity contribution in [2.24, 2.45) is 4.99 Å². The van der Waals surface area contributed by atoms with E-state index >= 15 is 0 Å². The molecule has 13 heteroatoms. The Labute approximate surface area is 260 Å². The zero-order valence-electron chi connectivity index (χ0n) is 24.8. The minimum atomic E-state index is -0.873. The summed E-state index contributed by atoms with van der Waals surface area (Å²) >= 11 is 4.49. The molecule has 3 aromatic rings. The second-order valence-corrected chi connectivity index (χ2v) is 12.0. The van der Waals surface area contributed by atoms with Crippen LogP contribution < -0.4 is 29.1 Å². The lowest BCUT2D eigenvalue weighted by atomic mass is 9.95. The molecule has 11 nitrogen and oxygen atoms in total. The van der Waals surface area contributed by atoms with Crippen LogP contribution in [-0.4, -0.2) is 41.4 Å². The van der Waals surface area contributed by atoms with Gasteiger partial charge in [-0.15, -0.1) is 0 Å². The van der Waals surface area contributed by atoms with Gasteiger partial charge in [0.25, 0.3) is 5.56 Å². The number of ether oxygens (including phenoxy) is 4. The van der Waals surface area contributed by atoms with Gasteiger partial charge >= 0.3 is 11.7 Å². The molecule has 0 fully saturated rings. The first kappa shape index (κ1) is 32.0. The van der Waals surface area contributed by atoms with Gasteiger partial charge in [0.2, 0.25) is 5.75 Å². The minimum Gasteiger partial charge on any atom is -0.493 e. The Bertz CT molecular complexity index is 1790. The lowest BCUT2D eigenvalue weighted by Crippen LogP contribution is -2.40. The molecule has 0 aliphatic carbocycles. The number of methoxy groups -OCH3 is 1. The summed E-state index contributed by atoms with van der Waals surface area (Å²) in [6, 6.07) is 7.36. The first-order chi connectivity index (χ1) is 20.4. The van der Waals surface area contributed by atoms with Gasteiger partial charge in [0.1, 0.15) is 0 Å². The molecule has 0 spiro atoms. The lowest BCUT2D eigenvalue weighted by molar-refractivity contribution is -0.386. The third-order valence-electron chi connectivity index (χ3n) is 6.28. The van der Waals surface area contributed by atoms with E-state index in [0.717, 1.165) is 11.3 Å². The number of benzene rings is 2. The average Bonchev–Trinajstić information content (AvgIpc) is 3.22. The third kappa shape index (κ3) is 6.67. The van der Waals surface area contributed by atoms with Crippen LogP contribution in [0.3, 0.4) is 0 Å². The summed E-state index contributed by atoms with van der Waals surface area (Å²) in [4.78, 5) is 43.5. The van der Waals surface area contributed by atoms with Crippen LogP contribution in [0.2, 0.25) is 0 Å². The highest BCUT2D eigenvalue weighted by Crippen LogP contribution is 2.38. The van der Waals surface area contributed by atoms with Gasteiger partial charge in [-0.3, -0.25) is 19.5 Å². The molecule has 0 radical (unpaired) electrons. The van der Waals surface area contributed by atoms with Crippen LogP contribution in [0.15, 0.2) is 55.9 Å². The van der Waals surface area contributed by atoms with Gasteiger partial charge < -0.3 is 18.9 Å². The Morgan fingerprint density at radius 1 is 1.16 bits per heavy atom. The molecule has 1 aromatic heterocycles. The number of rotatable bonds is 10. The first-order valence-corrected chi connectivity index (χ1v) is 15.2. The van der Waals surface area contributed by atoms with Crippen molar-refractivity contribution < 1.29 is 28.7 Å². The topological polar surface area (TPSA) is 131 Å². The normalized spacial score (nSPS) is 14.9. The fourth-order valence-corrected chi connectivity index (χ4v) is 6.24. The summed E-state index contributed by atoms with van der Waals surface area (Å²) in [6.07, 6.45) is 1.17. The number of hydrogen-bond acceptors (Lipinski definition) is 10. The second-order valence-electron chi connectivity index (χ2n) is 10.2. The van der Waals surface area contributed by atoms with Crippen molar-refractivity contribution >= 4 is 45.0 Å². The number of nitrogens with zero attached hydrogens (tertiary/aromatic N) is 3. The molecule has 2 heterocycles. The van der Waals surface area contributed by atoms with Crippen LogP contribution in [0, 0.1) is 10.1 Å². The Balaban J connectivity index is 1.94. The SMILES string of the molecule is CCOC(=O)C1=C(C)N=c2s/c(=C/c3cc(Br)c(OC(C)C)c([N+](=O)[O-])c3)c(=O)n2[C@H]1c1ccc(OC(C)C)c(OC)c1. The van der Waals surface area contributed by atoms with Crippen LogP contribution in [0.1, 0.15) is 58.7 Å². The number of halogens is 1. The Morgan fingerprint density at radius 3 is 2.47 bits per heavy atom. The number of hydrogen-bond donors (Lipinski definition) is 0. The molecule has 0 bridgehead atoms. The number of esters is 1. The van der Waals surface area contributed by atoms with E-state index in [1.54, 1.807) is 58.0 Å². The maximum atomic E-state index is 14.0. The monoisotopic (exact) mass is 673 g/mol. The molecule has 0 N–H and O–H groups in total. The molecule has 4 rings (SSSR count). The van der Waals surface area contributed by atoms with Gasteiger partial charge in [-0.05, 0) is 92.9 Å². The highest BCUT2D eigenvalue weighted by Gasteiger charge is 2.34. The second kappa shape index (κ2) is 13.1.